The van der Waals surface area contributed by atoms with Gasteiger partial charge in [0.05, 0.1) is 12.2 Å². The predicted molar refractivity (Wildman–Crippen MR) is 125 cm³/mol. The second kappa shape index (κ2) is 10.6. The van der Waals surface area contributed by atoms with Crippen LogP contribution in [0.5, 0.6) is 11.5 Å². The molecule has 4 rings (SSSR count). The van der Waals surface area contributed by atoms with E-state index in [1.807, 2.05) is 42.5 Å². The second-order valence-electron chi connectivity index (χ2n) is 8.04. The fourth-order valence-electron chi connectivity index (χ4n) is 3.99. The van der Waals surface area contributed by atoms with Crippen LogP contribution in [0.15, 0.2) is 75.0 Å². The summed E-state index contributed by atoms with van der Waals surface area (Å²) in [6.07, 6.45) is 8.58. The maximum Gasteiger partial charge on any atom is 0.353 e. The second-order valence-corrected chi connectivity index (χ2v) is 9.14. The van der Waals surface area contributed by atoms with E-state index in [0.717, 1.165) is 24.3 Å². The molecular formula is C26H28O4S. The van der Waals surface area contributed by atoms with Crippen molar-refractivity contribution < 1.29 is 14.3 Å². The van der Waals surface area contributed by atoms with Gasteiger partial charge in [-0.15, -0.1) is 11.8 Å². The van der Waals surface area contributed by atoms with E-state index < -0.39 is 5.63 Å². The van der Waals surface area contributed by atoms with Crippen molar-refractivity contribution in [3.05, 3.63) is 76.8 Å². The number of thioether (sulfide) groups is 1. The summed E-state index contributed by atoms with van der Waals surface area (Å²) >= 11 is 1.32. The monoisotopic (exact) mass is 436 g/mol. The summed E-state index contributed by atoms with van der Waals surface area (Å²) in [7, 11) is 0. The Morgan fingerprint density at radius 1 is 1.00 bits per heavy atom. The number of hydrogen-bond donors (Lipinski definition) is 1. The van der Waals surface area contributed by atoms with Gasteiger partial charge in [-0.1, -0.05) is 61.7 Å². The maximum absolute atomic E-state index is 12.2. The summed E-state index contributed by atoms with van der Waals surface area (Å²) in [5, 5.41) is 10.8. The van der Waals surface area contributed by atoms with E-state index in [0.29, 0.717) is 17.2 Å². The number of aromatic hydroxyl groups is 1. The quantitative estimate of drug-likeness (QED) is 0.420. The van der Waals surface area contributed by atoms with Crippen LogP contribution < -0.4 is 10.4 Å². The van der Waals surface area contributed by atoms with Crippen LogP contribution in [-0.2, 0) is 6.42 Å². The fraction of sp³-hybridized carbons (Fsp3) is 0.346. The van der Waals surface area contributed by atoms with Gasteiger partial charge in [-0.05, 0) is 48.4 Å². The van der Waals surface area contributed by atoms with Crippen molar-refractivity contribution in [1.82, 2.24) is 0 Å². The van der Waals surface area contributed by atoms with Gasteiger partial charge < -0.3 is 14.3 Å². The van der Waals surface area contributed by atoms with Crippen molar-refractivity contribution in [2.24, 2.45) is 5.92 Å². The van der Waals surface area contributed by atoms with Gasteiger partial charge in [0.2, 0.25) is 0 Å². The molecule has 0 saturated heterocycles. The van der Waals surface area contributed by atoms with Crippen molar-refractivity contribution in [3.8, 4) is 22.6 Å². The number of ether oxygens (including phenoxy) is 1. The van der Waals surface area contributed by atoms with Gasteiger partial charge in [0.25, 0.3) is 0 Å². The van der Waals surface area contributed by atoms with E-state index in [-0.39, 0.29) is 10.6 Å². The molecule has 2 aromatic carbocycles. The molecule has 31 heavy (non-hydrogen) atoms. The SMILES string of the molecule is O=c1occ(-c2ccc(OCC3CCCCC3)cc2)c(O)c1SCCc1ccccc1. The largest absolute Gasteiger partial charge is 0.506 e. The van der Waals surface area contributed by atoms with Crippen LogP contribution in [-0.4, -0.2) is 17.5 Å². The maximum atomic E-state index is 12.2. The zero-order valence-corrected chi connectivity index (χ0v) is 18.4. The number of benzene rings is 2. The smallest absolute Gasteiger partial charge is 0.353 e. The topological polar surface area (TPSA) is 59.7 Å². The number of aryl methyl sites for hydroxylation is 1. The molecular weight excluding hydrogens is 408 g/mol. The minimum Gasteiger partial charge on any atom is -0.506 e. The van der Waals surface area contributed by atoms with Gasteiger partial charge in [-0.2, -0.15) is 0 Å². The van der Waals surface area contributed by atoms with E-state index in [1.165, 1.54) is 55.7 Å². The zero-order chi connectivity index (χ0) is 21.5. The van der Waals surface area contributed by atoms with Crippen LogP contribution >= 0.6 is 11.8 Å². The van der Waals surface area contributed by atoms with Crippen molar-refractivity contribution in [2.75, 3.05) is 12.4 Å². The highest BCUT2D eigenvalue weighted by Crippen LogP contribution is 2.36. The molecule has 5 heteroatoms. The molecule has 1 N–H and O–H groups in total. The molecule has 0 amide bonds. The molecule has 0 spiro atoms. The molecule has 4 nitrogen and oxygen atoms in total. The first-order chi connectivity index (χ1) is 15.2. The van der Waals surface area contributed by atoms with E-state index >= 15 is 0 Å². The molecule has 0 unspecified atom stereocenters. The Balaban J connectivity index is 1.41. The van der Waals surface area contributed by atoms with Crippen molar-refractivity contribution >= 4 is 11.8 Å². The van der Waals surface area contributed by atoms with Crippen molar-refractivity contribution in [1.29, 1.82) is 0 Å². The summed E-state index contributed by atoms with van der Waals surface area (Å²) in [5.74, 6) is 2.13. The van der Waals surface area contributed by atoms with Crippen LogP contribution in [0, 0.1) is 5.92 Å². The van der Waals surface area contributed by atoms with Crippen LogP contribution in [0.1, 0.15) is 37.7 Å². The Morgan fingerprint density at radius 2 is 1.74 bits per heavy atom. The molecule has 1 fully saturated rings. The third kappa shape index (κ3) is 5.73. The minimum absolute atomic E-state index is 0.0230. The average Bonchev–Trinajstić information content (AvgIpc) is 2.82. The van der Waals surface area contributed by atoms with E-state index in [1.54, 1.807) is 0 Å². The van der Waals surface area contributed by atoms with Crippen molar-refractivity contribution in [2.45, 2.75) is 43.4 Å². The van der Waals surface area contributed by atoms with Crippen LogP contribution in [0.2, 0.25) is 0 Å². The molecule has 1 heterocycles. The third-order valence-corrected chi connectivity index (χ3v) is 6.85. The molecule has 0 radical (unpaired) electrons. The van der Waals surface area contributed by atoms with Crippen LogP contribution in [0.25, 0.3) is 11.1 Å². The summed E-state index contributed by atoms with van der Waals surface area (Å²) in [4.78, 5) is 12.4. The first kappa shape index (κ1) is 21.6. The average molecular weight is 437 g/mol. The summed E-state index contributed by atoms with van der Waals surface area (Å²) in [5.41, 5.74) is 1.99. The lowest BCUT2D eigenvalue weighted by atomic mass is 9.90. The Hall–Kier alpha value is -2.66. The summed E-state index contributed by atoms with van der Waals surface area (Å²) < 4.78 is 11.2. The molecule has 0 atom stereocenters. The highest BCUT2D eigenvalue weighted by Gasteiger charge is 2.17. The molecule has 1 aliphatic carbocycles. The Kier molecular flexibility index (Phi) is 7.36. The third-order valence-electron chi connectivity index (χ3n) is 5.80. The van der Waals surface area contributed by atoms with Crippen LogP contribution in [0.4, 0.5) is 0 Å². The van der Waals surface area contributed by atoms with E-state index in [2.05, 4.69) is 12.1 Å². The van der Waals surface area contributed by atoms with Gasteiger partial charge in [-0.25, -0.2) is 4.79 Å². The molecule has 3 aromatic rings. The molecule has 162 valence electrons. The lowest BCUT2D eigenvalue weighted by Gasteiger charge is -2.21. The molecule has 0 aliphatic heterocycles. The van der Waals surface area contributed by atoms with Gasteiger partial charge in [0.15, 0.2) is 0 Å². The normalized spacial score (nSPS) is 14.5. The highest BCUT2D eigenvalue weighted by molar-refractivity contribution is 7.99. The fourth-order valence-corrected chi connectivity index (χ4v) is 4.94. The first-order valence-corrected chi connectivity index (χ1v) is 11.9. The summed E-state index contributed by atoms with van der Waals surface area (Å²) in [6.45, 7) is 0.757. The minimum atomic E-state index is -0.508. The molecule has 1 saturated carbocycles. The lowest BCUT2D eigenvalue weighted by molar-refractivity contribution is 0.209. The van der Waals surface area contributed by atoms with Crippen molar-refractivity contribution in [3.63, 3.8) is 0 Å². The van der Waals surface area contributed by atoms with E-state index in [4.69, 9.17) is 9.15 Å². The molecule has 1 aliphatic rings. The van der Waals surface area contributed by atoms with Gasteiger partial charge in [0.1, 0.15) is 22.7 Å². The number of rotatable bonds is 8. The standard InChI is InChI=1S/C26H28O4S/c27-24-23(18-30-26(28)25(24)31-16-15-19-7-3-1-4-8-19)21-11-13-22(14-12-21)29-17-20-9-5-2-6-10-20/h1,3-4,7-8,11-14,18,20,27H,2,5-6,9-10,15-17H2. The van der Waals surface area contributed by atoms with Gasteiger partial charge in [-0.3, -0.25) is 0 Å². The first-order valence-electron chi connectivity index (χ1n) is 11.0. The molecule has 1 aromatic heterocycles. The Labute approximate surface area is 187 Å². The highest BCUT2D eigenvalue weighted by atomic mass is 32.2. The predicted octanol–water partition coefficient (Wildman–Crippen LogP) is 6.31. The lowest BCUT2D eigenvalue weighted by Crippen LogP contribution is -2.15. The van der Waals surface area contributed by atoms with Gasteiger partial charge in [0, 0.05) is 5.75 Å². The van der Waals surface area contributed by atoms with E-state index in [9.17, 15) is 9.90 Å². The summed E-state index contributed by atoms with van der Waals surface area (Å²) in [6, 6.07) is 17.7. The van der Waals surface area contributed by atoms with Crippen LogP contribution in [0.3, 0.4) is 0 Å². The van der Waals surface area contributed by atoms with Gasteiger partial charge >= 0.3 is 5.63 Å². The Bertz CT molecular complexity index is 1020. The molecule has 0 bridgehead atoms. The number of hydrogen-bond acceptors (Lipinski definition) is 5. The Morgan fingerprint density at radius 3 is 2.48 bits per heavy atom. The zero-order valence-electron chi connectivity index (χ0n) is 17.6.